The average Bonchev–Trinajstić information content (AvgIpc) is 3.35. The standard InChI is InChI=1S/C19H17N5O2/c20-19-21-12-15(18(22-19)16-4-3-11-26-16)14-5-6-17(25)24(13-14)10-9-23-7-1-2-8-23/h1-8,11-13H,9-10H2,(H2,20,21,22). The van der Waals surface area contributed by atoms with E-state index in [1.807, 2.05) is 41.4 Å². The van der Waals surface area contributed by atoms with Crippen molar-refractivity contribution < 1.29 is 4.42 Å². The van der Waals surface area contributed by atoms with E-state index >= 15 is 0 Å². The van der Waals surface area contributed by atoms with Crippen LogP contribution in [0.15, 0.2) is 76.7 Å². The number of nitrogens with zero attached hydrogens (tertiary/aromatic N) is 4. The highest BCUT2D eigenvalue weighted by Gasteiger charge is 2.14. The number of hydrogen-bond donors (Lipinski definition) is 1. The molecule has 4 aromatic rings. The zero-order valence-electron chi connectivity index (χ0n) is 13.9. The smallest absolute Gasteiger partial charge is 0.250 e. The van der Waals surface area contributed by atoms with Crippen LogP contribution in [0.2, 0.25) is 0 Å². The molecule has 0 aliphatic heterocycles. The topological polar surface area (TPSA) is 91.9 Å². The Kier molecular flexibility index (Phi) is 4.10. The molecule has 0 fully saturated rings. The normalized spacial score (nSPS) is 10.9. The lowest BCUT2D eigenvalue weighted by Crippen LogP contribution is -2.21. The highest BCUT2D eigenvalue weighted by atomic mass is 16.3. The van der Waals surface area contributed by atoms with Crippen LogP contribution in [0.1, 0.15) is 0 Å². The van der Waals surface area contributed by atoms with Crippen LogP contribution in [0.5, 0.6) is 0 Å². The van der Waals surface area contributed by atoms with Gasteiger partial charge in [0.2, 0.25) is 5.95 Å². The number of furan rings is 1. The van der Waals surface area contributed by atoms with E-state index in [1.165, 1.54) is 0 Å². The van der Waals surface area contributed by atoms with Gasteiger partial charge in [-0.1, -0.05) is 0 Å². The first kappa shape index (κ1) is 15.9. The molecule has 0 aliphatic rings. The third-order valence-electron chi connectivity index (χ3n) is 4.12. The summed E-state index contributed by atoms with van der Waals surface area (Å²) in [7, 11) is 0. The summed E-state index contributed by atoms with van der Waals surface area (Å²) in [5, 5.41) is 0. The van der Waals surface area contributed by atoms with E-state index < -0.39 is 0 Å². The maximum absolute atomic E-state index is 12.2. The molecule has 0 bridgehead atoms. The predicted octanol–water partition coefficient (Wildman–Crippen LogP) is 2.65. The molecule has 0 saturated heterocycles. The first-order chi connectivity index (χ1) is 12.7. The fourth-order valence-corrected chi connectivity index (χ4v) is 2.82. The number of nitrogens with two attached hydrogens (primary N) is 1. The maximum Gasteiger partial charge on any atom is 0.250 e. The number of anilines is 1. The van der Waals surface area contributed by atoms with E-state index in [0.29, 0.717) is 24.5 Å². The third-order valence-corrected chi connectivity index (χ3v) is 4.12. The largest absolute Gasteiger partial charge is 0.463 e. The fourth-order valence-electron chi connectivity index (χ4n) is 2.82. The van der Waals surface area contributed by atoms with E-state index in [2.05, 4.69) is 9.97 Å². The summed E-state index contributed by atoms with van der Waals surface area (Å²) in [6.07, 6.45) is 8.98. The summed E-state index contributed by atoms with van der Waals surface area (Å²) >= 11 is 0. The van der Waals surface area contributed by atoms with E-state index in [4.69, 9.17) is 10.2 Å². The van der Waals surface area contributed by atoms with Gasteiger partial charge in [0.25, 0.3) is 5.56 Å². The van der Waals surface area contributed by atoms with Gasteiger partial charge in [-0.2, -0.15) is 0 Å². The Morgan fingerprint density at radius 2 is 1.92 bits per heavy atom. The first-order valence-corrected chi connectivity index (χ1v) is 8.19. The van der Waals surface area contributed by atoms with Gasteiger partial charge in [0.1, 0.15) is 5.69 Å². The minimum absolute atomic E-state index is 0.0585. The number of hydrogen-bond acceptors (Lipinski definition) is 5. The van der Waals surface area contributed by atoms with Gasteiger partial charge >= 0.3 is 0 Å². The van der Waals surface area contributed by atoms with Crippen molar-refractivity contribution in [2.45, 2.75) is 13.1 Å². The molecule has 7 heteroatoms. The van der Waals surface area contributed by atoms with Crippen LogP contribution in [-0.2, 0) is 13.1 Å². The summed E-state index contributed by atoms with van der Waals surface area (Å²) < 4.78 is 9.18. The van der Waals surface area contributed by atoms with Crippen LogP contribution < -0.4 is 11.3 Å². The second-order valence-electron chi connectivity index (χ2n) is 5.84. The number of pyridine rings is 1. The summed E-state index contributed by atoms with van der Waals surface area (Å²) in [5.41, 5.74) is 7.86. The summed E-state index contributed by atoms with van der Waals surface area (Å²) in [5.74, 6) is 0.764. The van der Waals surface area contributed by atoms with E-state index in [9.17, 15) is 4.79 Å². The Balaban J connectivity index is 1.72. The average molecular weight is 347 g/mol. The molecule has 4 heterocycles. The summed E-state index contributed by atoms with van der Waals surface area (Å²) in [6.45, 7) is 1.27. The van der Waals surface area contributed by atoms with Crippen LogP contribution in [-0.4, -0.2) is 19.1 Å². The molecule has 0 radical (unpaired) electrons. The molecular weight excluding hydrogens is 330 g/mol. The predicted molar refractivity (Wildman–Crippen MR) is 98.3 cm³/mol. The highest BCUT2D eigenvalue weighted by Crippen LogP contribution is 2.30. The molecule has 2 N–H and O–H groups in total. The quantitative estimate of drug-likeness (QED) is 0.599. The minimum Gasteiger partial charge on any atom is -0.463 e. The SMILES string of the molecule is Nc1ncc(-c2ccc(=O)n(CCn3cccc3)c2)c(-c2ccco2)n1. The van der Waals surface area contributed by atoms with E-state index in [0.717, 1.165) is 11.1 Å². The lowest BCUT2D eigenvalue weighted by Gasteiger charge is -2.11. The van der Waals surface area contributed by atoms with Gasteiger partial charge in [-0.15, -0.1) is 0 Å². The molecule has 0 unspecified atom stereocenters. The van der Waals surface area contributed by atoms with Crippen molar-refractivity contribution in [2.24, 2.45) is 0 Å². The van der Waals surface area contributed by atoms with Gasteiger partial charge in [0.15, 0.2) is 5.76 Å². The molecule has 0 spiro atoms. The molecule has 4 rings (SSSR count). The third kappa shape index (κ3) is 3.14. The maximum atomic E-state index is 12.2. The zero-order valence-corrected chi connectivity index (χ0v) is 13.9. The van der Waals surface area contributed by atoms with Crippen molar-refractivity contribution >= 4 is 5.95 Å². The van der Waals surface area contributed by atoms with Crippen molar-refractivity contribution in [1.29, 1.82) is 0 Å². The van der Waals surface area contributed by atoms with Gasteiger partial charge in [0.05, 0.1) is 6.26 Å². The summed E-state index contributed by atoms with van der Waals surface area (Å²) in [4.78, 5) is 20.6. The van der Waals surface area contributed by atoms with E-state index in [1.54, 1.807) is 35.2 Å². The Morgan fingerprint density at radius 3 is 2.69 bits per heavy atom. The lowest BCUT2D eigenvalue weighted by atomic mass is 10.1. The highest BCUT2D eigenvalue weighted by molar-refractivity contribution is 5.78. The van der Waals surface area contributed by atoms with Gasteiger partial charge in [-0.05, 0) is 30.3 Å². The molecule has 0 aromatic carbocycles. The Morgan fingerprint density at radius 1 is 1.08 bits per heavy atom. The van der Waals surface area contributed by atoms with Crippen LogP contribution in [0.4, 0.5) is 5.95 Å². The minimum atomic E-state index is -0.0585. The van der Waals surface area contributed by atoms with Crippen LogP contribution in [0, 0.1) is 0 Å². The van der Waals surface area contributed by atoms with Crippen LogP contribution in [0.3, 0.4) is 0 Å². The van der Waals surface area contributed by atoms with Crippen molar-refractivity contribution in [1.82, 2.24) is 19.1 Å². The molecule has 4 aromatic heterocycles. The van der Waals surface area contributed by atoms with Gasteiger partial charge in [0, 0.05) is 55.1 Å². The van der Waals surface area contributed by atoms with Gasteiger partial charge in [-0.25, -0.2) is 9.97 Å². The lowest BCUT2D eigenvalue weighted by molar-refractivity contribution is 0.567. The fraction of sp³-hybridized carbons (Fsp3) is 0.105. The Labute approximate surface area is 149 Å². The first-order valence-electron chi connectivity index (χ1n) is 8.19. The van der Waals surface area contributed by atoms with Crippen LogP contribution in [0.25, 0.3) is 22.6 Å². The van der Waals surface area contributed by atoms with Crippen molar-refractivity contribution in [2.75, 3.05) is 5.73 Å². The van der Waals surface area contributed by atoms with Crippen LogP contribution >= 0.6 is 0 Å². The Bertz CT molecular complexity index is 1070. The summed E-state index contributed by atoms with van der Waals surface area (Å²) in [6, 6.07) is 10.8. The molecule has 7 nitrogen and oxygen atoms in total. The number of aryl methyl sites for hydroxylation is 2. The Hall–Kier alpha value is -3.61. The van der Waals surface area contributed by atoms with Gasteiger partial charge in [-0.3, -0.25) is 4.79 Å². The molecule has 26 heavy (non-hydrogen) atoms. The van der Waals surface area contributed by atoms with Crippen molar-refractivity contribution in [3.05, 3.63) is 77.8 Å². The van der Waals surface area contributed by atoms with Crippen molar-refractivity contribution in [3.63, 3.8) is 0 Å². The molecule has 0 aliphatic carbocycles. The molecule has 130 valence electrons. The number of aromatic nitrogens is 4. The second-order valence-corrected chi connectivity index (χ2v) is 5.84. The number of nitrogen functional groups attached to an aromatic ring is 1. The van der Waals surface area contributed by atoms with Gasteiger partial charge < -0.3 is 19.3 Å². The molecule has 0 amide bonds. The zero-order chi connectivity index (χ0) is 17.9. The molecular formula is C19H17N5O2. The van der Waals surface area contributed by atoms with E-state index in [-0.39, 0.29) is 11.5 Å². The molecule has 0 atom stereocenters. The van der Waals surface area contributed by atoms with Crippen molar-refractivity contribution in [3.8, 4) is 22.6 Å². The second kappa shape index (κ2) is 6.72. The number of rotatable bonds is 5. The molecule has 0 saturated carbocycles. The monoisotopic (exact) mass is 347 g/mol.